The van der Waals surface area contributed by atoms with E-state index in [2.05, 4.69) is 11.9 Å². The summed E-state index contributed by atoms with van der Waals surface area (Å²) in [6.45, 7) is 5.15. The summed E-state index contributed by atoms with van der Waals surface area (Å²) in [7, 11) is 0. The lowest BCUT2D eigenvalue weighted by Gasteiger charge is -2.13. The summed E-state index contributed by atoms with van der Waals surface area (Å²) in [4.78, 5) is 22.7. The highest BCUT2D eigenvalue weighted by Gasteiger charge is 2.15. The molecule has 0 spiro atoms. The molecule has 1 N–H and O–H groups in total. The van der Waals surface area contributed by atoms with Gasteiger partial charge in [-0.25, -0.2) is 4.79 Å². The summed E-state index contributed by atoms with van der Waals surface area (Å²) in [6, 6.07) is 8.78. The Balaban J connectivity index is 2.41. The number of carbonyl (C=O) groups is 2. The molecule has 0 radical (unpaired) electrons. The average Bonchev–Trinajstić information content (AvgIpc) is 2.37. The Labute approximate surface area is 107 Å². The van der Waals surface area contributed by atoms with E-state index in [0.717, 1.165) is 5.56 Å². The van der Waals surface area contributed by atoms with Crippen LogP contribution in [0.5, 0.6) is 0 Å². The van der Waals surface area contributed by atoms with Gasteiger partial charge in [-0.15, -0.1) is 6.58 Å². The maximum Gasteiger partial charge on any atom is 0.408 e. The number of ketones is 1. The van der Waals surface area contributed by atoms with Gasteiger partial charge in [-0.1, -0.05) is 36.4 Å². The molecule has 0 aromatic heterocycles. The van der Waals surface area contributed by atoms with E-state index in [-0.39, 0.29) is 12.4 Å². The highest BCUT2D eigenvalue weighted by molar-refractivity contribution is 5.85. The van der Waals surface area contributed by atoms with Gasteiger partial charge in [0.1, 0.15) is 6.61 Å². The largest absolute Gasteiger partial charge is 0.445 e. The van der Waals surface area contributed by atoms with Gasteiger partial charge in [0.05, 0.1) is 6.04 Å². The predicted octanol–water partition coefficient (Wildman–Crippen LogP) is 2.45. The van der Waals surface area contributed by atoms with Gasteiger partial charge >= 0.3 is 6.09 Å². The Bertz CT molecular complexity index is 414. The third-order valence-electron chi connectivity index (χ3n) is 2.40. The third-order valence-corrected chi connectivity index (χ3v) is 2.40. The maximum atomic E-state index is 11.5. The zero-order valence-electron chi connectivity index (χ0n) is 10.4. The van der Waals surface area contributed by atoms with Gasteiger partial charge in [0, 0.05) is 0 Å². The molecule has 0 aliphatic heterocycles. The van der Waals surface area contributed by atoms with E-state index in [4.69, 9.17) is 4.74 Å². The summed E-state index contributed by atoms with van der Waals surface area (Å²) >= 11 is 0. The van der Waals surface area contributed by atoms with Crippen molar-refractivity contribution in [2.45, 2.75) is 26.0 Å². The quantitative estimate of drug-likeness (QED) is 0.785. The number of carbonyl (C=O) groups excluding carboxylic acids is 2. The van der Waals surface area contributed by atoms with Crippen LogP contribution >= 0.6 is 0 Å². The Kier molecular flexibility index (Phi) is 5.64. The van der Waals surface area contributed by atoms with Crippen LogP contribution in [0.4, 0.5) is 4.79 Å². The minimum absolute atomic E-state index is 0.119. The normalized spacial score (nSPS) is 11.4. The van der Waals surface area contributed by atoms with Crippen molar-refractivity contribution in [3.8, 4) is 0 Å². The van der Waals surface area contributed by atoms with Crippen molar-refractivity contribution >= 4 is 11.9 Å². The molecule has 0 aliphatic carbocycles. The molecular weight excluding hydrogens is 230 g/mol. The fourth-order valence-corrected chi connectivity index (χ4v) is 1.40. The van der Waals surface area contributed by atoms with Crippen molar-refractivity contribution in [3.05, 3.63) is 48.6 Å². The molecule has 0 fully saturated rings. The van der Waals surface area contributed by atoms with Gasteiger partial charge in [0.25, 0.3) is 0 Å². The molecule has 1 aromatic rings. The molecule has 0 bridgehead atoms. The van der Waals surface area contributed by atoms with Crippen molar-refractivity contribution in [3.63, 3.8) is 0 Å². The number of hydrogen-bond donors (Lipinski definition) is 1. The van der Waals surface area contributed by atoms with E-state index < -0.39 is 12.1 Å². The van der Waals surface area contributed by atoms with Crippen molar-refractivity contribution in [1.29, 1.82) is 0 Å². The molecule has 18 heavy (non-hydrogen) atoms. The fraction of sp³-hybridized carbons (Fsp3) is 0.286. The third kappa shape index (κ3) is 4.82. The minimum atomic E-state index is -0.596. The highest BCUT2D eigenvalue weighted by atomic mass is 16.5. The van der Waals surface area contributed by atoms with Crippen LogP contribution in [0.1, 0.15) is 18.9 Å². The zero-order valence-corrected chi connectivity index (χ0v) is 10.4. The van der Waals surface area contributed by atoms with Crippen LogP contribution in [0.2, 0.25) is 0 Å². The smallest absolute Gasteiger partial charge is 0.408 e. The number of ether oxygens (including phenoxy) is 1. The summed E-state index contributed by atoms with van der Waals surface area (Å²) in [5, 5.41) is 2.51. The first kappa shape index (κ1) is 14.0. The molecule has 4 heteroatoms. The first-order valence-electron chi connectivity index (χ1n) is 5.72. The predicted molar refractivity (Wildman–Crippen MR) is 69.0 cm³/mol. The number of amides is 1. The summed E-state index contributed by atoms with van der Waals surface area (Å²) < 4.78 is 5.02. The van der Waals surface area contributed by atoms with Gasteiger partial charge in [0.15, 0.2) is 5.78 Å². The zero-order chi connectivity index (χ0) is 13.4. The molecule has 0 saturated heterocycles. The van der Waals surface area contributed by atoms with Gasteiger partial charge in [0.2, 0.25) is 0 Å². The van der Waals surface area contributed by atoms with E-state index in [1.165, 1.54) is 6.92 Å². The van der Waals surface area contributed by atoms with Crippen LogP contribution in [0.15, 0.2) is 43.0 Å². The number of Topliss-reactive ketones (excluding diaryl/α,β-unsaturated/α-hetero) is 1. The molecule has 1 rings (SSSR count). The van der Waals surface area contributed by atoms with E-state index in [9.17, 15) is 9.59 Å². The van der Waals surface area contributed by atoms with Crippen LogP contribution in [-0.2, 0) is 16.1 Å². The monoisotopic (exact) mass is 247 g/mol. The van der Waals surface area contributed by atoms with Crippen LogP contribution in [-0.4, -0.2) is 17.9 Å². The van der Waals surface area contributed by atoms with Crippen LogP contribution in [0.3, 0.4) is 0 Å². The molecule has 1 amide bonds. The molecular formula is C14H17NO3. The lowest BCUT2D eigenvalue weighted by molar-refractivity contribution is -0.118. The molecule has 0 aliphatic rings. The molecule has 1 aromatic carbocycles. The van der Waals surface area contributed by atoms with E-state index in [0.29, 0.717) is 6.42 Å². The Morgan fingerprint density at radius 2 is 2.06 bits per heavy atom. The first-order chi connectivity index (χ1) is 8.63. The standard InChI is InChI=1S/C14H17NO3/c1-3-7-13(11(2)16)15-14(17)18-10-12-8-5-4-6-9-12/h3-6,8-9,13H,1,7,10H2,2H3,(H,15,17)/t13-/m1/s1. The average molecular weight is 247 g/mol. The molecule has 4 nitrogen and oxygen atoms in total. The van der Waals surface area contributed by atoms with E-state index >= 15 is 0 Å². The minimum Gasteiger partial charge on any atom is -0.445 e. The highest BCUT2D eigenvalue weighted by Crippen LogP contribution is 2.01. The van der Waals surface area contributed by atoms with E-state index in [1.807, 2.05) is 30.3 Å². The van der Waals surface area contributed by atoms with E-state index in [1.54, 1.807) is 6.08 Å². The Morgan fingerprint density at radius 3 is 2.61 bits per heavy atom. The maximum absolute atomic E-state index is 11.5. The SMILES string of the molecule is C=CC[C@@H](NC(=O)OCc1ccccc1)C(C)=O. The van der Waals surface area contributed by atoms with Gasteiger partial charge < -0.3 is 10.1 Å². The fourth-order valence-electron chi connectivity index (χ4n) is 1.40. The lowest BCUT2D eigenvalue weighted by Crippen LogP contribution is -2.39. The number of rotatable bonds is 6. The van der Waals surface area contributed by atoms with Crippen LogP contribution in [0, 0.1) is 0 Å². The summed E-state index contributed by atoms with van der Waals surface area (Å²) in [6.07, 6.45) is 1.39. The van der Waals surface area contributed by atoms with Crippen molar-refractivity contribution in [1.82, 2.24) is 5.32 Å². The van der Waals surface area contributed by atoms with Gasteiger partial charge in [-0.05, 0) is 18.9 Å². The van der Waals surface area contributed by atoms with Gasteiger partial charge in [-0.3, -0.25) is 4.79 Å². The number of nitrogens with one attached hydrogen (secondary N) is 1. The summed E-state index contributed by atoms with van der Waals surface area (Å²) in [5.41, 5.74) is 0.899. The van der Waals surface area contributed by atoms with Crippen molar-refractivity contribution < 1.29 is 14.3 Å². The Hall–Kier alpha value is -2.10. The Morgan fingerprint density at radius 1 is 1.39 bits per heavy atom. The van der Waals surface area contributed by atoms with Crippen LogP contribution in [0.25, 0.3) is 0 Å². The van der Waals surface area contributed by atoms with Crippen molar-refractivity contribution in [2.75, 3.05) is 0 Å². The lowest BCUT2D eigenvalue weighted by atomic mass is 10.1. The van der Waals surface area contributed by atoms with Crippen molar-refractivity contribution in [2.24, 2.45) is 0 Å². The van der Waals surface area contributed by atoms with Crippen LogP contribution < -0.4 is 5.32 Å². The number of benzene rings is 1. The molecule has 0 heterocycles. The number of alkyl carbamates (subject to hydrolysis) is 1. The second-order valence-corrected chi connectivity index (χ2v) is 3.89. The number of hydrogen-bond acceptors (Lipinski definition) is 3. The topological polar surface area (TPSA) is 55.4 Å². The molecule has 0 unspecified atom stereocenters. The second-order valence-electron chi connectivity index (χ2n) is 3.89. The first-order valence-corrected chi connectivity index (χ1v) is 5.72. The molecule has 0 saturated carbocycles. The molecule has 96 valence electrons. The molecule has 1 atom stereocenters. The second kappa shape index (κ2) is 7.27. The van der Waals surface area contributed by atoms with Gasteiger partial charge in [-0.2, -0.15) is 0 Å². The summed E-state index contributed by atoms with van der Waals surface area (Å²) in [5.74, 6) is -0.119.